The molecule has 0 saturated carbocycles. The first-order valence-electron chi connectivity index (χ1n) is 5.35. The van der Waals surface area contributed by atoms with Crippen molar-refractivity contribution in [3.05, 3.63) is 22.8 Å². The summed E-state index contributed by atoms with van der Waals surface area (Å²) >= 11 is 5.84. The minimum absolute atomic E-state index is 0.116. The number of carbonyl (C=O) groups is 1. The number of nitrogen functional groups attached to an aromatic ring is 1. The smallest absolute Gasteiger partial charge is 0.255 e. The van der Waals surface area contributed by atoms with Gasteiger partial charge in [-0.1, -0.05) is 11.6 Å². The number of pyridine rings is 1. The molecular weight excluding hydrogens is 242 g/mol. The molecule has 1 aromatic rings. The fourth-order valence-electron chi connectivity index (χ4n) is 1.76. The summed E-state index contributed by atoms with van der Waals surface area (Å²) in [5, 5.41) is 0.298. The van der Waals surface area contributed by atoms with Crippen LogP contribution in [0.5, 0.6) is 0 Å². The van der Waals surface area contributed by atoms with Crippen molar-refractivity contribution in [2.24, 2.45) is 0 Å². The SMILES string of the molecule is CN(C(=O)c1cnc(N)c(Cl)c1)C1CCOC1. The summed E-state index contributed by atoms with van der Waals surface area (Å²) in [5.74, 6) is 0.116. The van der Waals surface area contributed by atoms with Gasteiger partial charge in [0.05, 0.1) is 23.2 Å². The molecule has 1 fully saturated rings. The monoisotopic (exact) mass is 255 g/mol. The van der Waals surface area contributed by atoms with Gasteiger partial charge in [0.1, 0.15) is 5.82 Å². The predicted octanol–water partition coefficient (Wildman–Crippen LogP) is 1.18. The van der Waals surface area contributed by atoms with E-state index in [4.69, 9.17) is 22.1 Å². The maximum Gasteiger partial charge on any atom is 0.255 e. The van der Waals surface area contributed by atoms with Crippen LogP contribution in [0.15, 0.2) is 12.3 Å². The number of nitrogens with zero attached hydrogens (tertiary/aromatic N) is 2. The van der Waals surface area contributed by atoms with Crippen LogP contribution < -0.4 is 5.73 Å². The van der Waals surface area contributed by atoms with Gasteiger partial charge in [0.25, 0.3) is 5.91 Å². The first kappa shape index (κ1) is 12.1. The molecule has 1 unspecified atom stereocenters. The molecule has 5 nitrogen and oxygen atoms in total. The number of carbonyl (C=O) groups excluding carboxylic acids is 1. The quantitative estimate of drug-likeness (QED) is 0.862. The zero-order valence-electron chi connectivity index (χ0n) is 9.52. The summed E-state index contributed by atoms with van der Waals surface area (Å²) in [7, 11) is 1.76. The molecule has 0 bridgehead atoms. The second-order valence-corrected chi connectivity index (χ2v) is 4.43. The highest BCUT2D eigenvalue weighted by Gasteiger charge is 2.25. The molecule has 0 aromatic carbocycles. The van der Waals surface area contributed by atoms with Gasteiger partial charge < -0.3 is 15.4 Å². The number of rotatable bonds is 2. The fourth-order valence-corrected chi connectivity index (χ4v) is 1.93. The van der Waals surface area contributed by atoms with Gasteiger partial charge in [0, 0.05) is 19.9 Å². The molecule has 1 atom stereocenters. The maximum absolute atomic E-state index is 12.1. The molecule has 92 valence electrons. The van der Waals surface area contributed by atoms with Gasteiger partial charge in [-0.15, -0.1) is 0 Å². The lowest BCUT2D eigenvalue weighted by Gasteiger charge is -2.23. The summed E-state index contributed by atoms with van der Waals surface area (Å²) < 4.78 is 5.25. The van der Waals surface area contributed by atoms with Crippen molar-refractivity contribution in [1.29, 1.82) is 0 Å². The van der Waals surface area contributed by atoms with Gasteiger partial charge in [0.2, 0.25) is 0 Å². The Balaban J connectivity index is 2.15. The zero-order valence-corrected chi connectivity index (χ0v) is 10.3. The number of halogens is 1. The van der Waals surface area contributed by atoms with E-state index in [9.17, 15) is 4.79 Å². The molecule has 0 radical (unpaired) electrons. The number of likely N-dealkylation sites (N-methyl/N-ethyl adjacent to an activating group) is 1. The van der Waals surface area contributed by atoms with Crippen LogP contribution in [0.25, 0.3) is 0 Å². The number of amides is 1. The predicted molar refractivity (Wildman–Crippen MR) is 65.0 cm³/mol. The molecule has 17 heavy (non-hydrogen) atoms. The average Bonchev–Trinajstić information content (AvgIpc) is 2.84. The van der Waals surface area contributed by atoms with Crippen LogP contribution in [-0.2, 0) is 4.74 Å². The molecule has 1 aliphatic heterocycles. The van der Waals surface area contributed by atoms with Gasteiger partial charge in [0.15, 0.2) is 0 Å². The molecule has 1 aromatic heterocycles. The van der Waals surface area contributed by atoms with Crippen LogP contribution in [-0.4, -0.2) is 42.1 Å². The summed E-state index contributed by atoms with van der Waals surface area (Å²) in [6.07, 6.45) is 2.30. The lowest BCUT2D eigenvalue weighted by atomic mass is 10.2. The van der Waals surface area contributed by atoms with Gasteiger partial charge in [-0.3, -0.25) is 4.79 Å². The van der Waals surface area contributed by atoms with Crippen LogP contribution in [0.2, 0.25) is 5.02 Å². The van der Waals surface area contributed by atoms with Crippen LogP contribution >= 0.6 is 11.6 Å². The molecule has 1 amide bonds. The molecule has 2 heterocycles. The number of hydrogen-bond acceptors (Lipinski definition) is 4. The van der Waals surface area contributed by atoms with E-state index in [0.717, 1.165) is 6.42 Å². The Bertz CT molecular complexity index is 433. The third-order valence-electron chi connectivity index (χ3n) is 2.89. The first-order valence-corrected chi connectivity index (χ1v) is 5.73. The summed E-state index contributed by atoms with van der Waals surface area (Å²) in [5.41, 5.74) is 5.94. The Labute approximate surface area is 105 Å². The van der Waals surface area contributed by atoms with Crippen molar-refractivity contribution in [3.8, 4) is 0 Å². The van der Waals surface area contributed by atoms with E-state index in [2.05, 4.69) is 4.98 Å². The number of nitrogens with two attached hydrogens (primary N) is 1. The number of anilines is 1. The van der Waals surface area contributed by atoms with Gasteiger partial charge in [-0.25, -0.2) is 4.98 Å². The van der Waals surface area contributed by atoms with E-state index in [1.54, 1.807) is 18.0 Å². The third-order valence-corrected chi connectivity index (χ3v) is 3.19. The third kappa shape index (κ3) is 2.50. The van der Waals surface area contributed by atoms with E-state index >= 15 is 0 Å². The Kier molecular flexibility index (Phi) is 3.49. The number of hydrogen-bond donors (Lipinski definition) is 1. The van der Waals surface area contributed by atoms with E-state index < -0.39 is 0 Å². The molecule has 2 rings (SSSR count). The average molecular weight is 256 g/mol. The van der Waals surface area contributed by atoms with Gasteiger partial charge >= 0.3 is 0 Å². The van der Waals surface area contributed by atoms with Crippen molar-refractivity contribution in [1.82, 2.24) is 9.88 Å². The Morgan fingerprint density at radius 3 is 3.06 bits per heavy atom. The second kappa shape index (κ2) is 4.89. The highest BCUT2D eigenvalue weighted by atomic mass is 35.5. The summed E-state index contributed by atoms with van der Waals surface area (Å²) in [4.78, 5) is 17.7. The maximum atomic E-state index is 12.1. The van der Waals surface area contributed by atoms with E-state index in [0.29, 0.717) is 23.8 Å². The minimum Gasteiger partial charge on any atom is -0.382 e. The molecule has 6 heteroatoms. The standard InChI is InChI=1S/C11H14ClN3O2/c1-15(8-2-3-17-6-8)11(16)7-4-9(12)10(13)14-5-7/h4-5,8H,2-3,6H2,1H3,(H2,13,14). The van der Waals surface area contributed by atoms with Gasteiger partial charge in [-0.05, 0) is 12.5 Å². The summed E-state index contributed by atoms with van der Waals surface area (Å²) in [6.45, 7) is 1.28. The summed E-state index contributed by atoms with van der Waals surface area (Å²) in [6, 6.07) is 1.66. The molecule has 2 N–H and O–H groups in total. The van der Waals surface area contributed by atoms with Crippen molar-refractivity contribution in [2.75, 3.05) is 26.0 Å². The molecule has 0 aliphatic carbocycles. The molecule has 1 aliphatic rings. The Morgan fingerprint density at radius 1 is 1.71 bits per heavy atom. The van der Waals surface area contributed by atoms with Crippen molar-refractivity contribution < 1.29 is 9.53 Å². The fraction of sp³-hybridized carbons (Fsp3) is 0.455. The van der Waals surface area contributed by atoms with Crippen LogP contribution in [0.3, 0.4) is 0 Å². The zero-order chi connectivity index (χ0) is 12.4. The topological polar surface area (TPSA) is 68.5 Å². The van der Waals surface area contributed by atoms with Crippen molar-refractivity contribution in [3.63, 3.8) is 0 Å². The van der Waals surface area contributed by atoms with E-state index in [1.807, 2.05) is 0 Å². The van der Waals surface area contributed by atoms with Crippen molar-refractivity contribution in [2.45, 2.75) is 12.5 Å². The van der Waals surface area contributed by atoms with Crippen LogP contribution in [0.1, 0.15) is 16.8 Å². The van der Waals surface area contributed by atoms with Gasteiger partial charge in [-0.2, -0.15) is 0 Å². The molecular formula is C11H14ClN3O2. The molecule has 1 saturated heterocycles. The number of ether oxygens (including phenoxy) is 1. The lowest BCUT2D eigenvalue weighted by molar-refractivity contribution is 0.0711. The lowest BCUT2D eigenvalue weighted by Crippen LogP contribution is -2.37. The van der Waals surface area contributed by atoms with E-state index in [-0.39, 0.29) is 17.8 Å². The van der Waals surface area contributed by atoms with Crippen LogP contribution in [0.4, 0.5) is 5.82 Å². The Hall–Kier alpha value is -1.33. The minimum atomic E-state index is -0.116. The van der Waals surface area contributed by atoms with Crippen molar-refractivity contribution >= 4 is 23.3 Å². The highest BCUT2D eigenvalue weighted by molar-refractivity contribution is 6.33. The largest absolute Gasteiger partial charge is 0.382 e. The second-order valence-electron chi connectivity index (χ2n) is 4.02. The molecule has 0 spiro atoms. The van der Waals surface area contributed by atoms with Crippen LogP contribution in [0, 0.1) is 0 Å². The highest BCUT2D eigenvalue weighted by Crippen LogP contribution is 2.19. The Morgan fingerprint density at radius 2 is 2.47 bits per heavy atom. The normalized spacial score (nSPS) is 19.3. The first-order chi connectivity index (χ1) is 8.09. The van der Waals surface area contributed by atoms with E-state index in [1.165, 1.54) is 6.20 Å². The number of aromatic nitrogens is 1.